The minimum absolute atomic E-state index is 0.0266. The highest BCUT2D eigenvalue weighted by molar-refractivity contribution is 5.96. The van der Waals surface area contributed by atoms with Crippen LogP contribution in [0.2, 0.25) is 0 Å². The first-order valence-electron chi connectivity index (χ1n) is 7.33. The van der Waals surface area contributed by atoms with Crippen molar-refractivity contribution in [3.05, 3.63) is 11.8 Å². The van der Waals surface area contributed by atoms with E-state index in [9.17, 15) is 4.79 Å². The third-order valence-corrected chi connectivity index (χ3v) is 4.29. The summed E-state index contributed by atoms with van der Waals surface area (Å²) in [6.45, 7) is 2.41. The standard InChI is InChI=1S/C14H22N4O2/c1-17-13-9-11(8-10-3-6-20-7-4-10)16-18(13)5-2-12(15)14(17)19/h9-10,12H,2-8,15H2,1H3. The van der Waals surface area contributed by atoms with Gasteiger partial charge in [0.15, 0.2) is 0 Å². The average molecular weight is 278 g/mol. The van der Waals surface area contributed by atoms with Crippen molar-refractivity contribution in [2.24, 2.45) is 11.7 Å². The van der Waals surface area contributed by atoms with Crippen molar-refractivity contribution in [3.63, 3.8) is 0 Å². The van der Waals surface area contributed by atoms with E-state index >= 15 is 0 Å². The van der Waals surface area contributed by atoms with Crippen LogP contribution in [0.5, 0.6) is 0 Å². The molecular formula is C14H22N4O2. The number of aromatic nitrogens is 2. The number of aryl methyl sites for hydroxylation is 1. The maximum atomic E-state index is 12.1. The van der Waals surface area contributed by atoms with Crippen LogP contribution in [0.3, 0.4) is 0 Å². The Bertz CT molecular complexity index is 493. The number of nitrogens with two attached hydrogens (primary N) is 1. The number of nitrogens with zero attached hydrogens (tertiary/aromatic N) is 3. The highest BCUT2D eigenvalue weighted by Gasteiger charge is 2.27. The molecule has 0 saturated carbocycles. The van der Waals surface area contributed by atoms with Crippen LogP contribution in [0.25, 0.3) is 0 Å². The van der Waals surface area contributed by atoms with Crippen LogP contribution in [0.15, 0.2) is 6.07 Å². The molecule has 0 radical (unpaired) electrons. The molecule has 1 aromatic heterocycles. The summed E-state index contributed by atoms with van der Waals surface area (Å²) in [5.74, 6) is 1.48. The molecular weight excluding hydrogens is 256 g/mol. The van der Waals surface area contributed by atoms with Gasteiger partial charge in [0, 0.05) is 32.9 Å². The summed E-state index contributed by atoms with van der Waals surface area (Å²) in [6.07, 6.45) is 3.82. The highest BCUT2D eigenvalue weighted by atomic mass is 16.5. The maximum Gasteiger partial charge on any atom is 0.244 e. The number of rotatable bonds is 2. The lowest BCUT2D eigenvalue weighted by atomic mass is 9.95. The van der Waals surface area contributed by atoms with Crippen LogP contribution in [0.1, 0.15) is 25.0 Å². The number of carbonyl (C=O) groups excluding carboxylic acids is 1. The second-order valence-corrected chi connectivity index (χ2v) is 5.77. The Morgan fingerprint density at radius 1 is 1.40 bits per heavy atom. The summed E-state index contributed by atoms with van der Waals surface area (Å²) < 4.78 is 7.30. The van der Waals surface area contributed by atoms with Crippen LogP contribution < -0.4 is 10.6 Å². The van der Waals surface area contributed by atoms with Crippen LogP contribution in [-0.2, 0) is 22.5 Å². The van der Waals surface area contributed by atoms with Gasteiger partial charge in [-0.3, -0.25) is 9.69 Å². The fourth-order valence-electron chi connectivity index (χ4n) is 2.99. The van der Waals surface area contributed by atoms with Gasteiger partial charge in [0.2, 0.25) is 5.91 Å². The fraction of sp³-hybridized carbons (Fsp3) is 0.714. The topological polar surface area (TPSA) is 73.4 Å². The fourth-order valence-corrected chi connectivity index (χ4v) is 2.99. The Balaban J connectivity index is 1.76. The van der Waals surface area contributed by atoms with Crippen LogP contribution in [0.4, 0.5) is 5.82 Å². The van der Waals surface area contributed by atoms with Crippen molar-refractivity contribution in [3.8, 4) is 0 Å². The maximum absolute atomic E-state index is 12.1. The van der Waals surface area contributed by atoms with E-state index in [2.05, 4.69) is 5.10 Å². The van der Waals surface area contributed by atoms with E-state index in [-0.39, 0.29) is 5.91 Å². The number of likely N-dealkylation sites (N-methyl/N-ethyl adjacent to an activating group) is 1. The molecule has 3 heterocycles. The molecule has 0 aromatic carbocycles. The van der Waals surface area contributed by atoms with Gasteiger partial charge in [-0.1, -0.05) is 0 Å². The summed E-state index contributed by atoms with van der Waals surface area (Å²) in [7, 11) is 1.78. The van der Waals surface area contributed by atoms with Gasteiger partial charge in [0.25, 0.3) is 0 Å². The molecule has 2 aliphatic heterocycles. The number of anilines is 1. The first-order chi connectivity index (χ1) is 9.65. The summed E-state index contributed by atoms with van der Waals surface area (Å²) in [5.41, 5.74) is 6.92. The molecule has 20 heavy (non-hydrogen) atoms. The molecule has 6 nitrogen and oxygen atoms in total. The van der Waals surface area contributed by atoms with E-state index in [4.69, 9.17) is 10.5 Å². The molecule has 0 spiro atoms. The summed E-state index contributed by atoms with van der Waals surface area (Å²) in [6, 6.07) is 1.62. The van der Waals surface area contributed by atoms with Gasteiger partial charge in [-0.2, -0.15) is 5.10 Å². The minimum atomic E-state index is -0.416. The van der Waals surface area contributed by atoms with Crippen molar-refractivity contribution in [2.45, 2.75) is 38.3 Å². The predicted molar refractivity (Wildman–Crippen MR) is 75.5 cm³/mol. The summed E-state index contributed by atoms with van der Waals surface area (Å²) in [5, 5.41) is 4.65. The van der Waals surface area contributed by atoms with Crippen molar-refractivity contribution >= 4 is 11.7 Å². The average Bonchev–Trinajstić information content (AvgIpc) is 2.83. The van der Waals surface area contributed by atoms with Crippen LogP contribution in [0, 0.1) is 5.92 Å². The molecule has 1 amide bonds. The number of hydrogen-bond acceptors (Lipinski definition) is 4. The van der Waals surface area contributed by atoms with E-state index in [0.717, 1.165) is 44.0 Å². The van der Waals surface area contributed by atoms with Gasteiger partial charge in [-0.15, -0.1) is 0 Å². The number of fused-ring (bicyclic) bond motifs is 1. The quantitative estimate of drug-likeness (QED) is 0.857. The molecule has 1 fully saturated rings. The molecule has 2 N–H and O–H groups in total. The Morgan fingerprint density at radius 2 is 2.15 bits per heavy atom. The lowest BCUT2D eigenvalue weighted by Gasteiger charge is -2.20. The van der Waals surface area contributed by atoms with E-state index in [1.807, 2.05) is 10.7 Å². The molecule has 0 aliphatic carbocycles. The van der Waals surface area contributed by atoms with E-state index in [1.165, 1.54) is 0 Å². The van der Waals surface area contributed by atoms with Crippen molar-refractivity contribution in [1.82, 2.24) is 9.78 Å². The van der Waals surface area contributed by atoms with Crippen LogP contribution >= 0.6 is 0 Å². The zero-order chi connectivity index (χ0) is 14.1. The number of hydrogen-bond donors (Lipinski definition) is 1. The smallest absolute Gasteiger partial charge is 0.244 e. The number of ether oxygens (including phenoxy) is 1. The van der Waals surface area contributed by atoms with Gasteiger partial charge in [-0.05, 0) is 31.6 Å². The normalized spacial score (nSPS) is 24.6. The molecule has 2 aliphatic rings. The van der Waals surface area contributed by atoms with Gasteiger partial charge in [-0.25, -0.2) is 4.68 Å². The van der Waals surface area contributed by atoms with E-state index in [0.29, 0.717) is 18.9 Å². The molecule has 3 rings (SSSR count). The van der Waals surface area contributed by atoms with Crippen molar-refractivity contribution in [1.29, 1.82) is 0 Å². The molecule has 110 valence electrons. The second-order valence-electron chi connectivity index (χ2n) is 5.77. The van der Waals surface area contributed by atoms with Crippen LogP contribution in [-0.4, -0.2) is 42.0 Å². The van der Waals surface area contributed by atoms with E-state index in [1.54, 1.807) is 11.9 Å². The van der Waals surface area contributed by atoms with Gasteiger partial charge >= 0.3 is 0 Å². The Hall–Kier alpha value is -1.40. The molecule has 0 bridgehead atoms. The zero-order valence-electron chi connectivity index (χ0n) is 11.9. The van der Waals surface area contributed by atoms with Crippen molar-refractivity contribution in [2.75, 3.05) is 25.2 Å². The first-order valence-corrected chi connectivity index (χ1v) is 7.33. The largest absolute Gasteiger partial charge is 0.381 e. The molecule has 1 atom stereocenters. The molecule has 1 saturated heterocycles. The SMILES string of the molecule is CN1C(=O)C(N)CCn2nc(CC3CCOCC3)cc21. The first kappa shape index (κ1) is 13.6. The number of carbonyl (C=O) groups is 1. The van der Waals surface area contributed by atoms with E-state index < -0.39 is 6.04 Å². The predicted octanol–water partition coefficient (Wildman–Crippen LogP) is 0.546. The lowest BCUT2D eigenvalue weighted by molar-refractivity contribution is -0.119. The zero-order valence-corrected chi connectivity index (χ0v) is 11.9. The van der Waals surface area contributed by atoms with Gasteiger partial charge in [0.1, 0.15) is 5.82 Å². The summed E-state index contributed by atoms with van der Waals surface area (Å²) >= 11 is 0. The Labute approximate surface area is 118 Å². The third-order valence-electron chi connectivity index (χ3n) is 4.29. The van der Waals surface area contributed by atoms with Gasteiger partial charge in [0.05, 0.1) is 11.7 Å². The van der Waals surface area contributed by atoms with Crippen molar-refractivity contribution < 1.29 is 9.53 Å². The summed E-state index contributed by atoms with van der Waals surface area (Å²) in [4.78, 5) is 13.7. The minimum Gasteiger partial charge on any atom is -0.381 e. The number of amides is 1. The van der Waals surface area contributed by atoms with Gasteiger partial charge < -0.3 is 10.5 Å². The molecule has 1 aromatic rings. The Kier molecular flexibility index (Phi) is 3.76. The Morgan fingerprint density at radius 3 is 2.90 bits per heavy atom. The highest BCUT2D eigenvalue weighted by Crippen LogP contribution is 2.24. The second kappa shape index (κ2) is 5.54. The third kappa shape index (κ3) is 2.58. The lowest BCUT2D eigenvalue weighted by Crippen LogP contribution is -2.40. The molecule has 1 unspecified atom stereocenters. The monoisotopic (exact) mass is 278 g/mol. The molecule has 6 heteroatoms.